The highest BCUT2D eigenvalue weighted by atomic mass is 16.5. The number of rotatable bonds is 11. The molecule has 19 heavy (non-hydrogen) atoms. The van der Waals surface area contributed by atoms with Gasteiger partial charge in [-0.15, -0.1) is 0 Å². The number of nitrogens with zero attached hydrogens (tertiary/aromatic N) is 1. The topological polar surface area (TPSA) is 33.7 Å². The van der Waals surface area contributed by atoms with E-state index < -0.39 is 0 Å². The minimum Gasteiger partial charge on any atom is -0.383 e. The maximum Gasteiger partial charge on any atom is 0.0615 e. The lowest BCUT2D eigenvalue weighted by Gasteiger charge is -2.47. The Balaban J connectivity index is 2.44. The molecular formula is C15H32N2O2. The van der Waals surface area contributed by atoms with E-state index in [1.165, 1.54) is 19.3 Å². The fourth-order valence-electron chi connectivity index (χ4n) is 2.94. The fraction of sp³-hybridized carbons (Fsp3) is 1.00. The summed E-state index contributed by atoms with van der Waals surface area (Å²) in [7, 11) is 3.56. The molecule has 0 aromatic rings. The van der Waals surface area contributed by atoms with Crippen molar-refractivity contribution < 1.29 is 9.47 Å². The third-order valence-electron chi connectivity index (χ3n) is 4.16. The van der Waals surface area contributed by atoms with Gasteiger partial charge in [0.05, 0.1) is 13.2 Å². The SMILES string of the molecule is CCCNCC1CCC1N(CCOC)C(C)COC. The largest absolute Gasteiger partial charge is 0.383 e. The number of hydrogen-bond acceptors (Lipinski definition) is 4. The molecule has 0 heterocycles. The zero-order chi connectivity index (χ0) is 14.1. The van der Waals surface area contributed by atoms with Crippen LogP contribution in [0.5, 0.6) is 0 Å². The second kappa shape index (κ2) is 9.70. The van der Waals surface area contributed by atoms with E-state index in [9.17, 15) is 0 Å². The summed E-state index contributed by atoms with van der Waals surface area (Å²) in [6.07, 6.45) is 3.88. The van der Waals surface area contributed by atoms with Crippen LogP contribution in [0, 0.1) is 5.92 Å². The number of nitrogens with one attached hydrogen (secondary N) is 1. The van der Waals surface area contributed by atoms with Crippen LogP contribution in [0.25, 0.3) is 0 Å². The highest BCUT2D eigenvalue weighted by Crippen LogP contribution is 2.32. The Bertz CT molecular complexity index is 226. The van der Waals surface area contributed by atoms with Crippen LogP contribution in [-0.4, -0.2) is 64.1 Å². The highest BCUT2D eigenvalue weighted by Gasteiger charge is 2.36. The molecule has 1 aliphatic rings. The van der Waals surface area contributed by atoms with Crippen LogP contribution in [0.2, 0.25) is 0 Å². The molecule has 1 aliphatic carbocycles. The summed E-state index contributed by atoms with van der Waals surface area (Å²) in [5, 5.41) is 3.56. The van der Waals surface area contributed by atoms with Gasteiger partial charge in [0.2, 0.25) is 0 Å². The van der Waals surface area contributed by atoms with Crippen molar-refractivity contribution in [3.63, 3.8) is 0 Å². The van der Waals surface area contributed by atoms with E-state index in [2.05, 4.69) is 24.1 Å². The van der Waals surface area contributed by atoms with Crippen molar-refractivity contribution in [2.75, 3.05) is 47.1 Å². The van der Waals surface area contributed by atoms with Crippen LogP contribution in [-0.2, 0) is 9.47 Å². The molecule has 3 unspecified atom stereocenters. The van der Waals surface area contributed by atoms with Crippen LogP contribution in [0.4, 0.5) is 0 Å². The third-order valence-corrected chi connectivity index (χ3v) is 4.16. The molecule has 1 saturated carbocycles. The summed E-state index contributed by atoms with van der Waals surface area (Å²) in [5.74, 6) is 0.794. The molecule has 0 aromatic carbocycles. The Morgan fingerprint density at radius 3 is 2.58 bits per heavy atom. The summed E-state index contributed by atoms with van der Waals surface area (Å²) < 4.78 is 10.6. The van der Waals surface area contributed by atoms with E-state index in [-0.39, 0.29) is 0 Å². The average Bonchev–Trinajstić information content (AvgIpc) is 2.38. The quantitative estimate of drug-likeness (QED) is 0.581. The first kappa shape index (κ1) is 16.9. The van der Waals surface area contributed by atoms with Crippen LogP contribution in [0.15, 0.2) is 0 Å². The van der Waals surface area contributed by atoms with Gasteiger partial charge in [0.1, 0.15) is 0 Å². The Kier molecular flexibility index (Phi) is 8.62. The third kappa shape index (κ3) is 5.38. The van der Waals surface area contributed by atoms with Crippen LogP contribution in [0.3, 0.4) is 0 Å². The molecule has 114 valence electrons. The van der Waals surface area contributed by atoms with E-state index in [4.69, 9.17) is 9.47 Å². The van der Waals surface area contributed by atoms with Crippen LogP contribution < -0.4 is 5.32 Å². The van der Waals surface area contributed by atoms with Crippen LogP contribution >= 0.6 is 0 Å². The molecule has 0 amide bonds. The van der Waals surface area contributed by atoms with Gasteiger partial charge in [0.25, 0.3) is 0 Å². The van der Waals surface area contributed by atoms with Gasteiger partial charge in [-0.3, -0.25) is 4.90 Å². The molecule has 1 fully saturated rings. The van der Waals surface area contributed by atoms with E-state index in [1.807, 2.05) is 0 Å². The predicted molar refractivity (Wildman–Crippen MR) is 79.6 cm³/mol. The summed E-state index contributed by atoms with van der Waals surface area (Å²) in [6, 6.07) is 1.17. The first-order valence-corrected chi connectivity index (χ1v) is 7.68. The smallest absolute Gasteiger partial charge is 0.0615 e. The lowest BCUT2D eigenvalue weighted by atomic mass is 9.77. The Morgan fingerprint density at radius 1 is 1.26 bits per heavy atom. The van der Waals surface area contributed by atoms with Gasteiger partial charge >= 0.3 is 0 Å². The minimum absolute atomic E-state index is 0.471. The van der Waals surface area contributed by atoms with E-state index in [0.29, 0.717) is 12.1 Å². The molecule has 0 aliphatic heterocycles. The number of ether oxygens (including phenoxy) is 2. The van der Waals surface area contributed by atoms with E-state index >= 15 is 0 Å². The second-order valence-electron chi connectivity index (χ2n) is 5.64. The highest BCUT2D eigenvalue weighted by molar-refractivity contribution is 4.92. The van der Waals surface area contributed by atoms with Gasteiger partial charge in [-0.2, -0.15) is 0 Å². The zero-order valence-corrected chi connectivity index (χ0v) is 13.2. The molecule has 4 nitrogen and oxygen atoms in total. The normalized spacial score (nSPS) is 24.5. The van der Waals surface area contributed by atoms with Crippen molar-refractivity contribution in [1.29, 1.82) is 0 Å². The second-order valence-corrected chi connectivity index (χ2v) is 5.64. The summed E-state index contributed by atoms with van der Waals surface area (Å²) in [6.45, 7) is 9.38. The van der Waals surface area contributed by atoms with Gasteiger partial charge in [0, 0.05) is 32.8 Å². The lowest BCUT2D eigenvalue weighted by Crippen LogP contribution is -2.55. The monoisotopic (exact) mass is 272 g/mol. The summed E-state index contributed by atoms with van der Waals surface area (Å²) in [5.41, 5.74) is 0. The Morgan fingerprint density at radius 2 is 2.05 bits per heavy atom. The predicted octanol–water partition coefficient (Wildman–Crippen LogP) is 1.75. The van der Waals surface area contributed by atoms with E-state index in [0.717, 1.165) is 38.8 Å². The molecule has 0 spiro atoms. The van der Waals surface area contributed by atoms with Gasteiger partial charge in [-0.25, -0.2) is 0 Å². The van der Waals surface area contributed by atoms with Gasteiger partial charge in [-0.05, 0) is 45.2 Å². The molecule has 4 heteroatoms. The molecule has 1 N–H and O–H groups in total. The fourth-order valence-corrected chi connectivity index (χ4v) is 2.94. The van der Waals surface area contributed by atoms with E-state index in [1.54, 1.807) is 14.2 Å². The van der Waals surface area contributed by atoms with Gasteiger partial charge in [0.15, 0.2) is 0 Å². The minimum atomic E-state index is 0.471. The summed E-state index contributed by atoms with van der Waals surface area (Å²) in [4.78, 5) is 2.58. The number of methoxy groups -OCH3 is 2. The maximum atomic E-state index is 5.32. The average molecular weight is 272 g/mol. The zero-order valence-electron chi connectivity index (χ0n) is 13.2. The first-order chi connectivity index (χ1) is 9.24. The molecule has 0 saturated heterocycles. The molecular weight excluding hydrogens is 240 g/mol. The molecule has 0 radical (unpaired) electrons. The first-order valence-electron chi connectivity index (χ1n) is 7.68. The molecule has 3 atom stereocenters. The number of hydrogen-bond donors (Lipinski definition) is 1. The van der Waals surface area contributed by atoms with Crippen molar-refractivity contribution in [2.24, 2.45) is 5.92 Å². The summed E-state index contributed by atoms with van der Waals surface area (Å²) >= 11 is 0. The van der Waals surface area contributed by atoms with Gasteiger partial charge in [-0.1, -0.05) is 6.92 Å². The molecule has 0 aromatic heterocycles. The maximum absolute atomic E-state index is 5.32. The Hall–Kier alpha value is -0.160. The Labute approximate surface area is 118 Å². The van der Waals surface area contributed by atoms with Crippen molar-refractivity contribution in [2.45, 2.75) is 45.2 Å². The molecule has 0 bridgehead atoms. The van der Waals surface area contributed by atoms with Crippen molar-refractivity contribution >= 4 is 0 Å². The van der Waals surface area contributed by atoms with Gasteiger partial charge < -0.3 is 14.8 Å². The standard InChI is InChI=1S/C15H32N2O2/c1-5-8-16-11-14-6-7-15(14)17(9-10-18-3)13(2)12-19-4/h13-16H,5-12H2,1-4H3. The van der Waals surface area contributed by atoms with Crippen LogP contribution in [0.1, 0.15) is 33.1 Å². The lowest BCUT2D eigenvalue weighted by molar-refractivity contribution is -0.00930. The van der Waals surface area contributed by atoms with Crippen molar-refractivity contribution in [3.05, 3.63) is 0 Å². The molecule has 1 rings (SSSR count). The van der Waals surface area contributed by atoms with Crippen molar-refractivity contribution in [1.82, 2.24) is 10.2 Å². The van der Waals surface area contributed by atoms with Crippen molar-refractivity contribution in [3.8, 4) is 0 Å².